The summed E-state index contributed by atoms with van der Waals surface area (Å²) in [4.78, 5) is 20.0. The van der Waals surface area contributed by atoms with E-state index in [0.29, 0.717) is 0 Å². The summed E-state index contributed by atoms with van der Waals surface area (Å²) in [5.41, 5.74) is -1.01. The maximum atomic E-state index is 13.2. The minimum absolute atomic E-state index is 0.299. The van der Waals surface area contributed by atoms with Crippen molar-refractivity contribution in [2.45, 2.75) is 0 Å². The van der Waals surface area contributed by atoms with Gasteiger partial charge in [-0.2, -0.15) is 0 Å². The minimum atomic E-state index is -1.45. The molecule has 1 aromatic carbocycles. The van der Waals surface area contributed by atoms with E-state index in [0.717, 1.165) is 12.1 Å². The van der Waals surface area contributed by atoms with Crippen molar-refractivity contribution in [3.05, 3.63) is 37.2 Å². The average Bonchev–Trinajstić information content (AvgIpc) is 2.08. The van der Waals surface area contributed by atoms with Crippen molar-refractivity contribution in [1.82, 2.24) is 0 Å². The number of hydrogen-bond donors (Lipinski definition) is 1. The van der Waals surface area contributed by atoms with Crippen LogP contribution in [0.3, 0.4) is 0 Å². The Hall–Kier alpha value is -1.25. The van der Waals surface area contributed by atoms with Gasteiger partial charge in [0.15, 0.2) is 5.82 Å². The Kier molecular flexibility index (Phi) is 2.99. The van der Waals surface area contributed by atoms with Crippen LogP contribution < -0.4 is 0 Å². The predicted molar refractivity (Wildman–Crippen MR) is 52.7 cm³/mol. The van der Waals surface area contributed by atoms with Crippen molar-refractivity contribution in [3.63, 3.8) is 0 Å². The molecule has 0 fully saturated rings. The SMILES string of the molecule is O=C(O)c1ccc([N+](=O)[O-])c(I)c1F. The summed E-state index contributed by atoms with van der Waals surface area (Å²) in [6.07, 6.45) is 0. The van der Waals surface area contributed by atoms with Gasteiger partial charge in [-0.05, 0) is 28.7 Å². The van der Waals surface area contributed by atoms with Gasteiger partial charge in [-0.25, -0.2) is 9.18 Å². The van der Waals surface area contributed by atoms with Crippen molar-refractivity contribution in [2.75, 3.05) is 0 Å². The molecule has 0 aliphatic rings. The molecule has 5 nitrogen and oxygen atoms in total. The first-order valence-electron chi connectivity index (χ1n) is 3.31. The number of nitro benzene ring substituents is 1. The third-order valence-corrected chi connectivity index (χ3v) is 2.52. The number of carbonyl (C=O) groups is 1. The Balaban J connectivity index is 3.41. The average molecular weight is 311 g/mol. The van der Waals surface area contributed by atoms with E-state index in [1.54, 1.807) is 0 Å². The van der Waals surface area contributed by atoms with Crippen LogP contribution in [0, 0.1) is 19.5 Å². The Morgan fingerprint density at radius 3 is 2.57 bits per heavy atom. The zero-order valence-corrected chi connectivity index (χ0v) is 8.69. The van der Waals surface area contributed by atoms with Gasteiger partial charge in [0.2, 0.25) is 0 Å². The monoisotopic (exact) mass is 311 g/mol. The highest BCUT2D eigenvalue weighted by molar-refractivity contribution is 14.1. The second kappa shape index (κ2) is 3.86. The molecule has 0 atom stereocenters. The van der Waals surface area contributed by atoms with E-state index in [9.17, 15) is 19.3 Å². The fourth-order valence-electron chi connectivity index (χ4n) is 0.845. The van der Waals surface area contributed by atoms with Gasteiger partial charge in [-0.15, -0.1) is 0 Å². The maximum Gasteiger partial charge on any atom is 0.338 e. The van der Waals surface area contributed by atoms with Gasteiger partial charge in [0, 0.05) is 6.07 Å². The van der Waals surface area contributed by atoms with Crippen molar-refractivity contribution in [2.24, 2.45) is 0 Å². The predicted octanol–water partition coefficient (Wildman–Crippen LogP) is 2.04. The van der Waals surface area contributed by atoms with Crippen LogP contribution in [0.15, 0.2) is 12.1 Å². The van der Waals surface area contributed by atoms with Crippen molar-refractivity contribution in [1.29, 1.82) is 0 Å². The molecule has 0 amide bonds. The van der Waals surface area contributed by atoms with Gasteiger partial charge < -0.3 is 5.11 Å². The Bertz CT molecular complexity index is 381. The largest absolute Gasteiger partial charge is 0.478 e. The van der Waals surface area contributed by atoms with Crippen LogP contribution in [0.5, 0.6) is 0 Å². The minimum Gasteiger partial charge on any atom is -0.478 e. The van der Waals surface area contributed by atoms with Crippen LogP contribution in [0.25, 0.3) is 0 Å². The molecule has 0 saturated heterocycles. The number of hydrogen-bond acceptors (Lipinski definition) is 3. The highest BCUT2D eigenvalue weighted by atomic mass is 127. The van der Waals surface area contributed by atoms with E-state index in [1.165, 1.54) is 22.6 Å². The fourth-order valence-corrected chi connectivity index (χ4v) is 1.51. The smallest absolute Gasteiger partial charge is 0.338 e. The van der Waals surface area contributed by atoms with Crippen molar-refractivity contribution >= 4 is 34.2 Å². The Morgan fingerprint density at radius 2 is 2.14 bits per heavy atom. The lowest BCUT2D eigenvalue weighted by Crippen LogP contribution is -2.04. The van der Waals surface area contributed by atoms with Crippen LogP contribution >= 0.6 is 22.6 Å². The van der Waals surface area contributed by atoms with Crippen LogP contribution in [-0.4, -0.2) is 16.0 Å². The number of rotatable bonds is 2. The summed E-state index contributed by atoms with van der Waals surface area (Å²) >= 11 is 1.40. The lowest BCUT2D eigenvalue weighted by atomic mass is 10.2. The molecule has 7 heteroatoms. The third kappa shape index (κ3) is 1.81. The maximum absolute atomic E-state index is 13.2. The van der Waals surface area contributed by atoms with E-state index in [1.807, 2.05) is 0 Å². The summed E-state index contributed by atoms with van der Waals surface area (Å²) in [6, 6.07) is 1.84. The number of benzene rings is 1. The van der Waals surface area contributed by atoms with E-state index in [2.05, 4.69) is 0 Å². The van der Waals surface area contributed by atoms with E-state index in [-0.39, 0.29) is 3.57 Å². The molecule has 0 heterocycles. The number of carboxylic acids is 1. The van der Waals surface area contributed by atoms with Crippen molar-refractivity contribution in [3.8, 4) is 0 Å². The van der Waals surface area contributed by atoms with E-state index >= 15 is 0 Å². The summed E-state index contributed by atoms with van der Waals surface area (Å²) in [5, 5.41) is 18.8. The number of aromatic carboxylic acids is 1. The quantitative estimate of drug-likeness (QED) is 0.515. The number of carboxylic acid groups (broad SMARTS) is 1. The van der Waals surface area contributed by atoms with Gasteiger partial charge in [-0.3, -0.25) is 10.1 Å². The lowest BCUT2D eigenvalue weighted by Gasteiger charge is -2.00. The van der Waals surface area contributed by atoms with E-state index < -0.39 is 28.0 Å². The van der Waals surface area contributed by atoms with Gasteiger partial charge in [0.05, 0.1) is 10.5 Å². The second-order valence-corrected chi connectivity index (χ2v) is 3.40. The van der Waals surface area contributed by atoms with Crippen LogP contribution in [-0.2, 0) is 0 Å². The van der Waals surface area contributed by atoms with Gasteiger partial charge in [-0.1, -0.05) is 0 Å². The molecular formula is C7H3FINO4. The highest BCUT2D eigenvalue weighted by Gasteiger charge is 2.21. The molecule has 0 saturated carbocycles. The molecule has 1 aromatic rings. The number of nitrogens with zero attached hydrogens (tertiary/aromatic N) is 1. The molecule has 0 aromatic heterocycles. The summed E-state index contributed by atoms with van der Waals surface area (Å²) in [5.74, 6) is -2.53. The molecular weight excluding hydrogens is 308 g/mol. The summed E-state index contributed by atoms with van der Waals surface area (Å²) < 4.78 is 12.9. The molecule has 74 valence electrons. The normalized spacial score (nSPS) is 9.86. The molecule has 0 aliphatic carbocycles. The number of halogens is 2. The Labute approximate surface area is 90.8 Å². The number of nitro groups is 1. The molecule has 0 unspecified atom stereocenters. The van der Waals surface area contributed by atoms with Crippen LogP contribution in [0.2, 0.25) is 0 Å². The van der Waals surface area contributed by atoms with Gasteiger partial charge >= 0.3 is 5.97 Å². The van der Waals surface area contributed by atoms with Gasteiger partial charge in [0.1, 0.15) is 3.57 Å². The molecule has 0 radical (unpaired) electrons. The molecule has 0 bridgehead atoms. The first-order chi connectivity index (χ1) is 6.45. The van der Waals surface area contributed by atoms with Crippen LogP contribution in [0.1, 0.15) is 10.4 Å². The zero-order valence-electron chi connectivity index (χ0n) is 6.53. The molecule has 1 N–H and O–H groups in total. The fraction of sp³-hybridized carbons (Fsp3) is 0. The van der Waals surface area contributed by atoms with Crippen molar-refractivity contribution < 1.29 is 19.2 Å². The molecule has 14 heavy (non-hydrogen) atoms. The topological polar surface area (TPSA) is 80.4 Å². The summed E-state index contributed by atoms with van der Waals surface area (Å²) in [6.45, 7) is 0. The lowest BCUT2D eigenvalue weighted by molar-refractivity contribution is -0.386. The molecule has 0 spiro atoms. The molecule has 1 rings (SSSR count). The standard InChI is InChI=1S/C7H3FINO4/c8-5-3(7(11)12)1-2-4(6(5)9)10(13)14/h1-2H,(H,11,12). The zero-order chi connectivity index (χ0) is 10.9. The second-order valence-electron chi connectivity index (χ2n) is 2.32. The highest BCUT2D eigenvalue weighted by Crippen LogP contribution is 2.25. The third-order valence-electron chi connectivity index (χ3n) is 1.49. The van der Waals surface area contributed by atoms with Crippen LogP contribution in [0.4, 0.5) is 10.1 Å². The molecule has 0 aliphatic heterocycles. The van der Waals surface area contributed by atoms with Gasteiger partial charge in [0.25, 0.3) is 5.69 Å². The first kappa shape index (κ1) is 10.8. The first-order valence-corrected chi connectivity index (χ1v) is 4.38. The van der Waals surface area contributed by atoms with E-state index in [4.69, 9.17) is 5.11 Å². The Morgan fingerprint density at radius 1 is 1.57 bits per heavy atom. The summed E-state index contributed by atoms with van der Waals surface area (Å²) in [7, 11) is 0.